The Morgan fingerprint density at radius 3 is 2.96 bits per heavy atom. The van der Waals surface area contributed by atoms with Crippen molar-refractivity contribution in [2.45, 2.75) is 38.6 Å². The SMILES string of the molecule is COCCOc1ccc(NC(=O)NCCCN2CCCCC2C)cn1. The fraction of sp³-hybridized carbons (Fsp3) is 0.667. The van der Waals surface area contributed by atoms with Crippen LogP contribution in [0.3, 0.4) is 0 Å². The number of piperidine rings is 1. The lowest BCUT2D eigenvalue weighted by Crippen LogP contribution is -2.39. The van der Waals surface area contributed by atoms with Gasteiger partial charge >= 0.3 is 6.03 Å². The average Bonchev–Trinajstić information content (AvgIpc) is 2.62. The number of methoxy groups -OCH3 is 1. The second-order valence-corrected chi connectivity index (χ2v) is 6.34. The number of hydrogen-bond acceptors (Lipinski definition) is 5. The zero-order chi connectivity index (χ0) is 17.9. The largest absolute Gasteiger partial charge is 0.475 e. The maximum Gasteiger partial charge on any atom is 0.319 e. The van der Waals surface area contributed by atoms with Crippen molar-refractivity contribution in [2.75, 3.05) is 45.3 Å². The molecule has 1 atom stereocenters. The maximum absolute atomic E-state index is 11.9. The predicted octanol–water partition coefficient (Wildman–Crippen LogP) is 2.49. The Morgan fingerprint density at radius 1 is 1.36 bits per heavy atom. The van der Waals surface area contributed by atoms with E-state index < -0.39 is 0 Å². The third-order valence-corrected chi connectivity index (χ3v) is 4.38. The normalized spacial score (nSPS) is 17.9. The molecule has 1 unspecified atom stereocenters. The van der Waals surface area contributed by atoms with Crippen molar-refractivity contribution in [2.24, 2.45) is 0 Å². The molecule has 0 radical (unpaired) electrons. The number of anilines is 1. The molecule has 7 nitrogen and oxygen atoms in total. The van der Waals surface area contributed by atoms with E-state index in [4.69, 9.17) is 9.47 Å². The number of carbonyl (C=O) groups is 1. The molecule has 1 fully saturated rings. The molecule has 2 heterocycles. The summed E-state index contributed by atoms with van der Waals surface area (Å²) in [7, 11) is 1.62. The Morgan fingerprint density at radius 2 is 2.24 bits per heavy atom. The fourth-order valence-electron chi connectivity index (χ4n) is 2.92. The van der Waals surface area contributed by atoms with Crippen molar-refractivity contribution in [1.82, 2.24) is 15.2 Å². The summed E-state index contributed by atoms with van der Waals surface area (Å²) in [5.74, 6) is 0.513. The lowest BCUT2D eigenvalue weighted by atomic mass is 10.0. The number of rotatable bonds is 9. The third-order valence-electron chi connectivity index (χ3n) is 4.38. The minimum absolute atomic E-state index is 0.207. The van der Waals surface area contributed by atoms with Gasteiger partial charge in [-0.2, -0.15) is 0 Å². The molecule has 2 amide bonds. The minimum Gasteiger partial charge on any atom is -0.475 e. The first-order valence-corrected chi connectivity index (χ1v) is 9.05. The average molecular weight is 350 g/mol. The molecule has 140 valence electrons. The van der Waals surface area contributed by atoms with Crippen molar-refractivity contribution >= 4 is 11.7 Å². The van der Waals surface area contributed by atoms with E-state index in [1.54, 1.807) is 25.4 Å². The lowest BCUT2D eigenvalue weighted by molar-refractivity contribution is 0.144. The minimum atomic E-state index is -0.207. The molecular formula is C18H30N4O3. The monoisotopic (exact) mass is 350 g/mol. The fourth-order valence-corrected chi connectivity index (χ4v) is 2.92. The summed E-state index contributed by atoms with van der Waals surface area (Å²) in [6.45, 7) is 6.14. The molecule has 0 saturated carbocycles. The molecule has 0 bridgehead atoms. The number of urea groups is 1. The second-order valence-electron chi connectivity index (χ2n) is 6.34. The first kappa shape index (κ1) is 19.5. The van der Waals surface area contributed by atoms with Crippen LogP contribution in [0.25, 0.3) is 0 Å². The summed E-state index contributed by atoms with van der Waals surface area (Å²) < 4.78 is 10.3. The number of nitrogens with zero attached hydrogens (tertiary/aromatic N) is 2. The Labute approximate surface area is 150 Å². The molecule has 1 aromatic rings. The molecule has 7 heteroatoms. The Balaban J connectivity index is 1.61. The lowest BCUT2D eigenvalue weighted by Gasteiger charge is -2.33. The first-order chi connectivity index (χ1) is 12.2. The van der Waals surface area contributed by atoms with Gasteiger partial charge in [-0.3, -0.25) is 0 Å². The van der Waals surface area contributed by atoms with Crippen molar-refractivity contribution in [3.63, 3.8) is 0 Å². The van der Waals surface area contributed by atoms with Crippen LogP contribution in [-0.2, 0) is 4.74 Å². The van der Waals surface area contributed by atoms with Crippen LogP contribution in [0.4, 0.5) is 10.5 Å². The van der Waals surface area contributed by atoms with Crippen LogP contribution in [0.1, 0.15) is 32.6 Å². The molecule has 1 aromatic heterocycles. The summed E-state index contributed by atoms with van der Waals surface area (Å²) >= 11 is 0. The second kappa shape index (κ2) is 10.9. The van der Waals surface area contributed by atoms with Gasteiger partial charge < -0.3 is 25.0 Å². The van der Waals surface area contributed by atoms with E-state index in [0.29, 0.717) is 37.4 Å². The number of aromatic nitrogens is 1. The molecule has 0 aromatic carbocycles. The first-order valence-electron chi connectivity index (χ1n) is 9.05. The Bertz CT molecular complexity index is 510. The van der Waals surface area contributed by atoms with Gasteiger partial charge in [0.15, 0.2) is 0 Å². The maximum atomic E-state index is 11.9. The van der Waals surface area contributed by atoms with E-state index in [-0.39, 0.29) is 6.03 Å². The smallest absolute Gasteiger partial charge is 0.319 e. The summed E-state index contributed by atoms with van der Waals surface area (Å²) in [6.07, 6.45) is 6.45. The molecular weight excluding hydrogens is 320 g/mol. The van der Waals surface area contributed by atoms with Gasteiger partial charge in [0.05, 0.1) is 18.5 Å². The summed E-state index contributed by atoms with van der Waals surface area (Å²) in [6, 6.07) is 3.95. The van der Waals surface area contributed by atoms with Gasteiger partial charge in [-0.15, -0.1) is 0 Å². The molecule has 1 saturated heterocycles. The summed E-state index contributed by atoms with van der Waals surface area (Å²) in [4.78, 5) is 18.6. The number of hydrogen-bond donors (Lipinski definition) is 2. The van der Waals surface area contributed by atoms with Gasteiger partial charge in [-0.05, 0) is 38.8 Å². The third kappa shape index (κ3) is 7.27. The zero-order valence-electron chi connectivity index (χ0n) is 15.3. The van der Waals surface area contributed by atoms with E-state index in [1.807, 2.05) is 0 Å². The number of carbonyl (C=O) groups excluding carboxylic acids is 1. The number of ether oxygens (including phenoxy) is 2. The highest BCUT2D eigenvalue weighted by Gasteiger charge is 2.17. The van der Waals surface area contributed by atoms with E-state index in [9.17, 15) is 4.79 Å². The van der Waals surface area contributed by atoms with Crippen LogP contribution in [-0.4, -0.2) is 61.9 Å². The van der Waals surface area contributed by atoms with Gasteiger partial charge in [0.1, 0.15) is 6.61 Å². The van der Waals surface area contributed by atoms with Crippen molar-refractivity contribution in [1.29, 1.82) is 0 Å². The van der Waals surface area contributed by atoms with Crippen LogP contribution in [0.15, 0.2) is 18.3 Å². The van der Waals surface area contributed by atoms with E-state index in [1.165, 1.54) is 25.8 Å². The number of nitrogens with one attached hydrogen (secondary N) is 2. The highest BCUT2D eigenvalue weighted by molar-refractivity contribution is 5.88. The zero-order valence-corrected chi connectivity index (χ0v) is 15.3. The van der Waals surface area contributed by atoms with Crippen LogP contribution >= 0.6 is 0 Å². The number of amides is 2. The van der Waals surface area contributed by atoms with Crippen molar-refractivity contribution < 1.29 is 14.3 Å². The van der Waals surface area contributed by atoms with E-state index in [2.05, 4.69) is 27.4 Å². The van der Waals surface area contributed by atoms with Gasteiger partial charge in [-0.25, -0.2) is 9.78 Å². The molecule has 1 aliphatic rings. The predicted molar refractivity (Wildman–Crippen MR) is 98.1 cm³/mol. The molecule has 0 spiro atoms. The topological polar surface area (TPSA) is 75.7 Å². The van der Waals surface area contributed by atoms with Crippen LogP contribution < -0.4 is 15.4 Å². The highest BCUT2D eigenvalue weighted by atomic mass is 16.5. The summed E-state index contributed by atoms with van der Waals surface area (Å²) in [5, 5.41) is 5.67. The van der Waals surface area contributed by atoms with Gasteiger partial charge in [0.25, 0.3) is 0 Å². The molecule has 0 aliphatic carbocycles. The Kier molecular flexibility index (Phi) is 8.48. The molecule has 2 rings (SSSR count). The van der Waals surface area contributed by atoms with Gasteiger partial charge in [0, 0.05) is 32.3 Å². The Hall–Kier alpha value is -1.86. The van der Waals surface area contributed by atoms with E-state index >= 15 is 0 Å². The van der Waals surface area contributed by atoms with Gasteiger partial charge in [0.2, 0.25) is 5.88 Å². The highest BCUT2D eigenvalue weighted by Crippen LogP contribution is 2.16. The van der Waals surface area contributed by atoms with Gasteiger partial charge in [-0.1, -0.05) is 6.42 Å². The van der Waals surface area contributed by atoms with Crippen molar-refractivity contribution in [3.8, 4) is 5.88 Å². The number of pyridine rings is 1. The van der Waals surface area contributed by atoms with E-state index in [0.717, 1.165) is 13.0 Å². The molecule has 2 N–H and O–H groups in total. The molecule has 1 aliphatic heterocycles. The standard InChI is InChI=1S/C18H30N4O3/c1-15-6-3-4-10-22(15)11-5-9-19-18(23)21-16-7-8-17(20-14-16)25-13-12-24-2/h7-8,14-15H,3-6,9-13H2,1-2H3,(H2,19,21,23). The van der Waals surface area contributed by atoms with Crippen LogP contribution in [0, 0.1) is 0 Å². The quantitative estimate of drug-likeness (QED) is 0.669. The van der Waals surface area contributed by atoms with Crippen LogP contribution in [0.5, 0.6) is 5.88 Å². The summed E-state index contributed by atoms with van der Waals surface area (Å²) in [5.41, 5.74) is 0.640. The molecule has 25 heavy (non-hydrogen) atoms. The number of likely N-dealkylation sites (tertiary alicyclic amines) is 1. The van der Waals surface area contributed by atoms with Crippen LogP contribution in [0.2, 0.25) is 0 Å². The van der Waals surface area contributed by atoms with Crippen molar-refractivity contribution in [3.05, 3.63) is 18.3 Å².